The number of rotatable bonds is 6. The van der Waals surface area contributed by atoms with E-state index in [1.807, 2.05) is 48.5 Å². The summed E-state index contributed by atoms with van der Waals surface area (Å²) in [6.07, 6.45) is 2.44. The van der Waals surface area contributed by atoms with Gasteiger partial charge in [-0.1, -0.05) is 42.5 Å². The van der Waals surface area contributed by atoms with Crippen LogP contribution >= 0.6 is 0 Å². The van der Waals surface area contributed by atoms with Crippen molar-refractivity contribution in [2.75, 3.05) is 11.9 Å². The van der Waals surface area contributed by atoms with E-state index in [1.165, 1.54) is 0 Å². The number of anilines is 1. The highest BCUT2D eigenvalue weighted by Crippen LogP contribution is 2.15. The molecule has 0 radical (unpaired) electrons. The highest BCUT2D eigenvalue weighted by Gasteiger charge is 2.15. The molecule has 0 aliphatic rings. The quantitative estimate of drug-likeness (QED) is 0.630. The molecule has 1 atom stereocenters. The van der Waals surface area contributed by atoms with Crippen molar-refractivity contribution in [1.29, 1.82) is 0 Å². The number of nitrogens with one attached hydrogen (secondary N) is 3. The standard InChI is InChI=1S/C21H22N4O2/c1-15(24-21(27)25-18-10-3-2-4-11-18)20(26)23-14-12-17-8-5-7-16-9-6-13-22-19(16)17/h2-11,13,15H,12,14H2,1H3,(H,23,26)(H2,24,25,27)/t15-/m0/s1. The summed E-state index contributed by atoms with van der Waals surface area (Å²) >= 11 is 0. The summed E-state index contributed by atoms with van der Waals surface area (Å²) in [5, 5.41) is 9.26. The third kappa shape index (κ3) is 5.04. The van der Waals surface area contributed by atoms with Crippen molar-refractivity contribution in [2.45, 2.75) is 19.4 Å². The summed E-state index contributed by atoms with van der Waals surface area (Å²) in [5.41, 5.74) is 2.70. The lowest BCUT2D eigenvalue weighted by Gasteiger charge is -2.15. The molecule has 3 N–H and O–H groups in total. The number of benzene rings is 2. The van der Waals surface area contributed by atoms with E-state index in [2.05, 4.69) is 20.9 Å². The third-order valence-electron chi connectivity index (χ3n) is 4.18. The summed E-state index contributed by atoms with van der Waals surface area (Å²) in [4.78, 5) is 28.6. The molecule has 6 heteroatoms. The van der Waals surface area contributed by atoms with Crippen LogP contribution in [0.5, 0.6) is 0 Å². The molecule has 0 bridgehead atoms. The Morgan fingerprint density at radius 3 is 2.59 bits per heavy atom. The van der Waals surface area contributed by atoms with Gasteiger partial charge in [-0.3, -0.25) is 9.78 Å². The lowest BCUT2D eigenvalue weighted by atomic mass is 10.1. The number of urea groups is 1. The third-order valence-corrected chi connectivity index (χ3v) is 4.18. The molecular weight excluding hydrogens is 340 g/mol. The molecule has 0 unspecified atom stereocenters. The highest BCUT2D eigenvalue weighted by atomic mass is 16.2. The number of carbonyl (C=O) groups excluding carboxylic acids is 2. The molecule has 0 aliphatic heterocycles. The van der Waals surface area contributed by atoms with E-state index in [-0.39, 0.29) is 5.91 Å². The molecule has 6 nitrogen and oxygen atoms in total. The van der Waals surface area contributed by atoms with Crippen molar-refractivity contribution in [3.05, 3.63) is 72.4 Å². The fraction of sp³-hybridized carbons (Fsp3) is 0.190. The molecule has 3 rings (SSSR count). The highest BCUT2D eigenvalue weighted by molar-refractivity contribution is 5.93. The van der Waals surface area contributed by atoms with E-state index < -0.39 is 12.1 Å². The lowest BCUT2D eigenvalue weighted by molar-refractivity contribution is -0.122. The van der Waals surface area contributed by atoms with Crippen LogP contribution in [0.25, 0.3) is 10.9 Å². The topological polar surface area (TPSA) is 83.1 Å². The van der Waals surface area contributed by atoms with Gasteiger partial charge in [0, 0.05) is 23.8 Å². The summed E-state index contributed by atoms with van der Waals surface area (Å²) in [6.45, 7) is 2.13. The van der Waals surface area contributed by atoms with Gasteiger partial charge in [0.2, 0.25) is 5.91 Å². The first-order chi connectivity index (χ1) is 13.1. The molecule has 27 heavy (non-hydrogen) atoms. The van der Waals surface area contributed by atoms with Crippen molar-refractivity contribution in [2.24, 2.45) is 0 Å². The molecule has 138 valence electrons. The van der Waals surface area contributed by atoms with E-state index >= 15 is 0 Å². The molecule has 1 aromatic heterocycles. The van der Waals surface area contributed by atoms with Gasteiger partial charge in [0.25, 0.3) is 0 Å². The van der Waals surface area contributed by atoms with Crippen molar-refractivity contribution >= 4 is 28.5 Å². The van der Waals surface area contributed by atoms with Gasteiger partial charge in [0.15, 0.2) is 0 Å². The largest absolute Gasteiger partial charge is 0.354 e. The predicted molar refractivity (Wildman–Crippen MR) is 107 cm³/mol. The van der Waals surface area contributed by atoms with Crippen LogP contribution in [-0.4, -0.2) is 29.5 Å². The molecule has 3 aromatic rings. The molecule has 3 amide bonds. The van der Waals surface area contributed by atoms with E-state index in [1.54, 1.807) is 25.3 Å². The molecule has 0 fully saturated rings. The fourth-order valence-electron chi connectivity index (χ4n) is 2.79. The minimum atomic E-state index is -0.639. The zero-order valence-electron chi connectivity index (χ0n) is 15.1. The number of amides is 3. The zero-order chi connectivity index (χ0) is 19.1. The van der Waals surface area contributed by atoms with E-state index in [0.29, 0.717) is 18.7 Å². The molecule has 1 heterocycles. The number of carbonyl (C=O) groups is 2. The Morgan fingerprint density at radius 1 is 1.00 bits per heavy atom. The first kappa shape index (κ1) is 18.4. The van der Waals surface area contributed by atoms with Gasteiger partial charge in [-0.2, -0.15) is 0 Å². The second-order valence-corrected chi connectivity index (χ2v) is 6.22. The maximum absolute atomic E-state index is 12.2. The second kappa shape index (κ2) is 8.80. The molecule has 2 aromatic carbocycles. The van der Waals surface area contributed by atoms with Gasteiger partial charge in [-0.05, 0) is 37.1 Å². The molecule has 0 spiro atoms. The minimum absolute atomic E-state index is 0.230. The number of para-hydroxylation sites is 2. The lowest BCUT2D eigenvalue weighted by Crippen LogP contribution is -2.46. The van der Waals surface area contributed by atoms with Crippen LogP contribution in [0.3, 0.4) is 0 Å². The number of hydrogen-bond donors (Lipinski definition) is 3. The van der Waals surface area contributed by atoms with Crippen molar-refractivity contribution in [3.8, 4) is 0 Å². The zero-order valence-corrected chi connectivity index (χ0v) is 15.1. The summed E-state index contributed by atoms with van der Waals surface area (Å²) < 4.78 is 0. The van der Waals surface area contributed by atoms with Crippen LogP contribution in [0.1, 0.15) is 12.5 Å². The van der Waals surface area contributed by atoms with Gasteiger partial charge in [-0.25, -0.2) is 4.79 Å². The Balaban J connectivity index is 1.48. The summed E-state index contributed by atoms with van der Waals surface area (Å²) in [6, 6.07) is 18.0. The number of pyridine rings is 1. The van der Waals surface area contributed by atoms with Gasteiger partial charge in [-0.15, -0.1) is 0 Å². The normalized spacial score (nSPS) is 11.6. The Kier molecular flexibility index (Phi) is 5.99. The van der Waals surface area contributed by atoms with Crippen molar-refractivity contribution in [1.82, 2.24) is 15.6 Å². The monoisotopic (exact) mass is 362 g/mol. The second-order valence-electron chi connectivity index (χ2n) is 6.22. The first-order valence-corrected chi connectivity index (χ1v) is 8.86. The maximum Gasteiger partial charge on any atom is 0.319 e. The maximum atomic E-state index is 12.2. The summed E-state index contributed by atoms with van der Waals surface area (Å²) in [7, 11) is 0. The Morgan fingerprint density at radius 2 is 1.78 bits per heavy atom. The van der Waals surface area contributed by atoms with Crippen molar-refractivity contribution in [3.63, 3.8) is 0 Å². The van der Waals surface area contributed by atoms with Crippen LogP contribution in [0, 0.1) is 0 Å². The molecular formula is C21H22N4O2. The number of hydrogen-bond acceptors (Lipinski definition) is 3. The van der Waals surface area contributed by atoms with Crippen molar-refractivity contribution < 1.29 is 9.59 Å². The van der Waals surface area contributed by atoms with Crippen LogP contribution in [0.15, 0.2) is 66.9 Å². The van der Waals surface area contributed by atoms with Gasteiger partial charge >= 0.3 is 6.03 Å². The number of aromatic nitrogens is 1. The smallest absolute Gasteiger partial charge is 0.319 e. The van der Waals surface area contributed by atoms with Gasteiger partial charge in [0.1, 0.15) is 6.04 Å². The van der Waals surface area contributed by atoms with Gasteiger partial charge in [0.05, 0.1) is 5.52 Å². The van der Waals surface area contributed by atoms with E-state index in [4.69, 9.17) is 0 Å². The minimum Gasteiger partial charge on any atom is -0.354 e. The van der Waals surface area contributed by atoms with Crippen LogP contribution in [0.4, 0.5) is 10.5 Å². The average Bonchev–Trinajstić information content (AvgIpc) is 2.68. The Labute approximate surface area is 158 Å². The number of nitrogens with zero attached hydrogens (tertiary/aromatic N) is 1. The summed E-state index contributed by atoms with van der Waals surface area (Å²) in [5.74, 6) is -0.230. The Bertz CT molecular complexity index is 922. The van der Waals surface area contributed by atoms with Gasteiger partial charge < -0.3 is 16.0 Å². The van der Waals surface area contributed by atoms with Crippen LogP contribution in [-0.2, 0) is 11.2 Å². The van der Waals surface area contributed by atoms with E-state index in [0.717, 1.165) is 16.5 Å². The van der Waals surface area contributed by atoms with Crippen LogP contribution < -0.4 is 16.0 Å². The SMILES string of the molecule is C[C@H](NC(=O)Nc1ccccc1)C(=O)NCCc1cccc2cccnc12. The average molecular weight is 362 g/mol. The van der Waals surface area contributed by atoms with E-state index in [9.17, 15) is 9.59 Å². The fourth-order valence-corrected chi connectivity index (χ4v) is 2.79. The predicted octanol–water partition coefficient (Wildman–Crippen LogP) is 3.10. The number of fused-ring (bicyclic) bond motifs is 1. The van der Waals surface area contributed by atoms with Crippen LogP contribution in [0.2, 0.25) is 0 Å². The molecule has 0 saturated carbocycles. The first-order valence-electron chi connectivity index (χ1n) is 8.86. The molecule has 0 saturated heterocycles. The molecule has 0 aliphatic carbocycles. The Hall–Kier alpha value is -3.41.